The molecule has 0 unspecified atom stereocenters. The van der Waals surface area contributed by atoms with Crippen molar-refractivity contribution < 1.29 is 19.0 Å². The Balaban J connectivity index is 1.74. The predicted molar refractivity (Wildman–Crippen MR) is 111 cm³/mol. The number of rotatable bonds is 7. The highest BCUT2D eigenvalue weighted by molar-refractivity contribution is 5.93. The molecule has 3 aromatic carbocycles. The molecule has 0 saturated carbocycles. The SMILES string of the molecule is COc1ccc(/C=C/C(=O)NCc2cccc3ccccc23)c(OC)c1OC. The van der Waals surface area contributed by atoms with Crippen molar-refractivity contribution in [2.75, 3.05) is 21.3 Å². The van der Waals surface area contributed by atoms with Crippen LogP contribution in [0.25, 0.3) is 16.8 Å². The largest absolute Gasteiger partial charge is 0.493 e. The van der Waals surface area contributed by atoms with E-state index in [1.807, 2.05) is 30.3 Å². The maximum Gasteiger partial charge on any atom is 0.244 e. The highest BCUT2D eigenvalue weighted by atomic mass is 16.5. The number of benzene rings is 3. The van der Waals surface area contributed by atoms with E-state index < -0.39 is 0 Å². The zero-order chi connectivity index (χ0) is 19.9. The van der Waals surface area contributed by atoms with Crippen molar-refractivity contribution in [2.45, 2.75) is 6.54 Å². The molecule has 5 nitrogen and oxygen atoms in total. The molecule has 0 spiro atoms. The first-order valence-corrected chi connectivity index (χ1v) is 8.89. The molecule has 1 N–H and O–H groups in total. The van der Waals surface area contributed by atoms with Gasteiger partial charge in [-0.2, -0.15) is 0 Å². The third kappa shape index (κ3) is 4.09. The standard InChI is InChI=1S/C23H23NO4/c1-26-20-13-11-17(22(27-2)23(20)28-3)12-14-21(25)24-15-18-9-6-8-16-7-4-5-10-19(16)18/h4-14H,15H2,1-3H3,(H,24,25)/b14-12+. The van der Waals surface area contributed by atoms with Gasteiger partial charge >= 0.3 is 0 Å². The van der Waals surface area contributed by atoms with Gasteiger partial charge in [0.25, 0.3) is 0 Å². The maximum atomic E-state index is 12.3. The summed E-state index contributed by atoms with van der Waals surface area (Å²) in [5.74, 6) is 1.38. The number of methoxy groups -OCH3 is 3. The van der Waals surface area contributed by atoms with Gasteiger partial charge in [-0.3, -0.25) is 4.79 Å². The van der Waals surface area contributed by atoms with Gasteiger partial charge in [-0.15, -0.1) is 0 Å². The van der Waals surface area contributed by atoms with Gasteiger partial charge < -0.3 is 19.5 Å². The molecule has 0 aliphatic rings. The lowest BCUT2D eigenvalue weighted by Crippen LogP contribution is -2.20. The van der Waals surface area contributed by atoms with E-state index in [1.165, 1.54) is 6.08 Å². The van der Waals surface area contributed by atoms with E-state index in [9.17, 15) is 4.79 Å². The molecule has 0 bridgehead atoms. The van der Waals surface area contributed by atoms with E-state index in [2.05, 4.69) is 23.5 Å². The van der Waals surface area contributed by atoms with E-state index >= 15 is 0 Å². The second-order valence-electron chi connectivity index (χ2n) is 6.11. The molecule has 0 saturated heterocycles. The molecule has 0 aliphatic heterocycles. The summed E-state index contributed by atoms with van der Waals surface area (Å²) in [4.78, 5) is 12.3. The summed E-state index contributed by atoms with van der Waals surface area (Å²) in [6, 6.07) is 17.8. The van der Waals surface area contributed by atoms with Crippen LogP contribution in [-0.4, -0.2) is 27.2 Å². The molecule has 0 heterocycles. The molecule has 0 aliphatic carbocycles. The number of nitrogens with one attached hydrogen (secondary N) is 1. The van der Waals surface area contributed by atoms with Crippen LogP contribution in [0, 0.1) is 0 Å². The Morgan fingerprint density at radius 3 is 2.39 bits per heavy atom. The van der Waals surface area contributed by atoms with E-state index in [0.29, 0.717) is 23.8 Å². The van der Waals surface area contributed by atoms with Crippen molar-refractivity contribution in [3.63, 3.8) is 0 Å². The van der Waals surface area contributed by atoms with Gasteiger partial charge in [0.15, 0.2) is 11.5 Å². The predicted octanol–water partition coefficient (Wildman–Crippen LogP) is 4.20. The van der Waals surface area contributed by atoms with E-state index in [4.69, 9.17) is 14.2 Å². The van der Waals surface area contributed by atoms with Crippen LogP contribution in [0.4, 0.5) is 0 Å². The summed E-state index contributed by atoms with van der Waals surface area (Å²) in [5, 5.41) is 5.22. The van der Waals surface area contributed by atoms with Crippen LogP contribution in [-0.2, 0) is 11.3 Å². The first-order chi connectivity index (χ1) is 13.7. The lowest BCUT2D eigenvalue weighted by molar-refractivity contribution is -0.116. The number of hydrogen-bond donors (Lipinski definition) is 1. The number of carbonyl (C=O) groups excluding carboxylic acids is 1. The molecule has 3 aromatic rings. The van der Waals surface area contributed by atoms with E-state index in [1.54, 1.807) is 33.5 Å². The summed E-state index contributed by atoms with van der Waals surface area (Å²) in [6.45, 7) is 0.452. The quantitative estimate of drug-likeness (QED) is 0.627. The van der Waals surface area contributed by atoms with Gasteiger partial charge in [0.1, 0.15) is 0 Å². The van der Waals surface area contributed by atoms with Crippen LogP contribution in [0.15, 0.2) is 60.7 Å². The number of carbonyl (C=O) groups is 1. The number of amides is 1. The molecule has 0 radical (unpaired) electrons. The Labute approximate surface area is 164 Å². The smallest absolute Gasteiger partial charge is 0.244 e. The third-order valence-corrected chi connectivity index (χ3v) is 4.48. The van der Waals surface area contributed by atoms with Gasteiger partial charge in [0, 0.05) is 18.2 Å². The van der Waals surface area contributed by atoms with Gasteiger partial charge in [-0.05, 0) is 34.5 Å². The lowest BCUT2D eigenvalue weighted by atomic mass is 10.0. The molecule has 0 aromatic heterocycles. The molecular weight excluding hydrogens is 354 g/mol. The minimum atomic E-state index is -0.190. The van der Waals surface area contributed by atoms with Gasteiger partial charge in [-0.25, -0.2) is 0 Å². The number of ether oxygens (including phenoxy) is 3. The molecule has 0 fully saturated rings. The van der Waals surface area contributed by atoms with Crippen molar-refractivity contribution in [2.24, 2.45) is 0 Å². The van der Waals surface area contributed by atoms with Crippen molar-refractivity contribution in [1.82, 2.24) is 5.32 Å². The van der Waals surface area contributed by atoms with Crippen molar-refractivity contribution in [3.8, 4) is 17.2 Å². The van der Waals surface area contributed by atoms with Crippen molar-refractivity contribution in [1.29, 1.82) is 0 Å². The normalized spacial score (nSPS) is 10.8. The summed E-state index contributed by atoms with van der Waals surface area (Å²) in [7, 11) is 4.66. The van der Waals surface area contributed by atoms with Crippen LogP contribution in [0.2, 0.25) is 0 Å². The monoisotopic (exact) mass is 377 g/mol. The molecule has 144 valence electrons. The molecule has 28 heavy (non-hydrogen) atoms. The summed E-state index contributed by atoms with van der Waals surface area (Å²) >= 11 is 0. The topological polar surface area (TPSA) is 56.8 Å². The summed E-state index contributed by atoms with van der Waals surface area (Å²) in [5.41, 5.74) is 1.80. The minimum Gasteiger partial charge on any atom is -0.493 e. The maximum absolute atomic E-state index is 12.3. The Morgan fingerprint density at radius 1 is 0.893 bits per heavy atom. The molecule has 5 heteroatoms. The molecular formula is C23H23NO4. The first-order valence-electron chi connectivity index (χ1n) is 8.89. The minimum absolute atomic E-state index is 0.190. The van der Waals surface area contributed by atoms with Gasteiger partial charge in [-0.1, -0.05) is 42.5 Å². The van der Waals surface area contributed by atoms with Gasteiger partial charge in [0.05, 0.1) is 21.3 Å². The fraction of sp³-hybridized carbons (Fsp3) is 0.174. The second kappa shape index (κ2) is 8.95. The fourth-order valence-electron chi connectivity index (χ4n) is 3.11. The van der Waals surface area contributed by atoms with Crippen LogP contribution >= 0.6 is 0 Å². The Morgan fingerprint density at radius 2 is 1.64 bits per heavy atom. The van der Waals surface area contributed by atoms with Crippen molar-refractivity contribution >= 4 is 22.8 Å². The van der Waals surface area contributed by atoms with Gasteiger partial charge in [0.2, 0.25) is 11.7 Å². The van der Waals surface area contributed by atoms with Crippen LogP contribution < -0.4 is 19.5 Å². The van der Waals surface area contributed by atoms with Crippen LogP contribution in [0.3, 0.4) is 0 Å². The summed E-state index contributed by atoms with van der Waals surface area (Å²) < 4.78 is 16.1. The third-order valence-electron chi connectivity index (χ3n) is 4.48. The first kappa shape index (κ1) is 19.3. The zero-order valence-corrected chi connectivity index (χ0v) is 16.2. The Hall–Kier alpha value is -3.47. The second-order valence-corrected chi connectivity index (χ2v) is 6.11. The van der Waals surface area contributed by atoms with E-state index in [0.717, 1.165) is 21.9 Å². The van der Waals surface area contributed by atoms with Crippen LogP contribution in [0.5, 0.6) is 17.2 Å². The molecule has 1 amide bonds. The van der Waals surface area contributed by atoms with Crippen LogP contribution in [0.1, 0.15) is 11.1 Å². The average molecular weight is 377 g/mol. The highest BCUT2D eigenvalue weighted by Crippen LogP contribution is 2.40. The fourth-order valence-corrected chi connectivity index (χ4v) is 3.11. The molecule has 3 rings (SSSR count). The average Bonchev–Trinajstić information content (AvgIpc) is 2.75. The summed E-state index contributed by atoms with van der Waals surface area (Å²) in [6.07, 6.45) is 3.17. The Kier molecular flexibility index (Phi) is 6.17. The number of hydrogen-bond acceptors (Lipinski definition) is 4. The Bertz CT molecular complexity index is 1010. The lowest BCUT2D eigenvalue weighted by Gasteiger charge is -2.14. The van der Waals surface area contributed by atoms with Crippen molar-refractivity contribution in [3.05, 3.63) is 71.8 Å². The molecule has 0 atom stereocenters. The van der Waals surface area contributed by atoms with E-state index in [-0.39, 0.29) is 5.91 Å². The number of fused-ring (bicyclic) bond motifs is 1. The zero-order valence-electron chi connectivity index (χ0n) is 16.2. The highest BCUT2D eigenvalue weighted by Gasteiger charge is 2.14.